The third-order valence-electron chi connectivity index (χ3n) is 4.26. The summed E-state index contributed by atoms with van der Waals surface area (Å²) in [6.45, 7) is 15.0. The van der Waals surface area contributed by atoms with Gasteiger partial charge in [-0.2, -0.15) is 0 Å². The first-order valence-electron chi connectivity index (χ1n) is 7.86. The Labute approximate surface area is 138 Å². The van der Waals surface area contributed by atoms with E-state index in [0.29, 0.717) is 12.1 Å². The van der Waals surface area contributed by atoms with Gasteiger partial charge in [-0.25, -0.2) is 8.78 Å². The molecule has 0 atom stereocenters. The van der Waals surface area contributed by atoms with E-state index in [4.69, 9.17) is 9.31 Å². The predicted octanol–water partition coefficient (Wildman–Crippen LogP) is 3.74. The summed E-state index contributed by atoms with van der Waals surface area (Å²) in [6.07, 6.45) is 2.42. The van der Waals surface area contributed by atoms with Crippen LogP contribution < -0.4 is 5.32 Å². The molecular formula is C16H27BF2N2O2. The molecule has 130 valence electrons. The van der Waals surface area contributed by atoms with Gasteiger partial charge in [0.25, 0.3) is 5.92 Å². The van der Waals surface area contributed by atoms with Gasteiger partial charge in [0.15, 0.2) is 0 Å². The van der Waals surface area contributed by atoms with Crippen LogP contribution in [0.1, 0.15) is 48.0 Å². The zero-order valence-electron chi connectivity index (χ0n) is 14.9. The standard InChI is InChI=1S/C16H27BF2N2O2/c1-8-16(18,19)12(3)10-13(21-11-20-9-2)17-22-14(4,5)15(6,7)23-17/h10-11H,3,8-9H2,1-2,4-7H3,(H,20,21)/b13-10+. The largest absolute Gasteiger partial charge is 0.512 e. The minimum Gasteiger partial charge on any atom is -0.398 e. The Morgan fingerprint density at radius 3 is 2.17 bits per heavy atom. The molecule has 1 fully saturated rings. The minimum absolute atomic E-state index is 0.290. The third-order valence-corrected chi connectivity index (χ3v) is 4.26. The number of hydrogen-bond acceptors (Lipinski definition) is 3. The number of hydrogen-bond donors (Lipinski definition) is 1. The van der Waals surface area contributed by atoms with Gasteiger partial charge in [-0.1, -0.05) is 13.5 Å². The van der Waals surface area contributed by atoms with Gasteiger partial charge in [-0.15, -0.1) is 0 Å². The molecule has 0 aromatic heterocycles. The fraction of sp³-hybridized carbons (Fsp3) is 0.688. The summed E-state index contributed by atoms with van der Waals surface area (Å²) in [4.78, 5) is 4.04. The van der Waals surface area contributed by atoms with Gasteiger partial charge < -0.3 is 14.6 Å². The lowest BCUT2D eigenvalue weighted by atomic mass is 9.82. The topological polar surface area (TPSA) is 42.9 Å². The highest BCUT2D eigenvalue weighted by atomic mass is 19.3. The predicted molar refractivity (Wildman–Crippen MR) is 90.7 cm³/mol. The van der Waals surface area contributed by atoms with Crippen molar-refractivity contribution in [2.45, 2.75) is 65.1 Å². The van der Waals surface area contributed by atoms with Gasteiger partial charge >= 0.3 is 7.12 Å². The Kier molecular flexibility index (Phi) is 6.15. The Morgan fingerprint density at radius 1 is 1.22 bits per heavy atom. The first-order chi connectivity index (χ1) is 10.5. The molecule has 0 amide bonds. The minimum atomic E-state index is -2.97. The van der Waals surface area contributed by atoms with E-state index in [1.165, 1.54) is 19.3 Å². The van der Waals surface area contributed by atoms with E-state index < -0.39 is 24.2 Å². The van der Waals surface area contributed by atoms with Gasteiger partial charge in [-0.3, -0.25) is 4.99 Å². The van der Waals surface area contributed by atoms with Gasteiger partial charge in [0.1, 0.15) is 0 Å². The lowest BCUT2D eigenvalue weighted by molar-refractivity contribution is 0.00578. The molecule has 0 spiro atoms. The normalized spacial score (nSPS) is 21.0. The molecule has 0 aliphatic carbocycles. The molecule has 0 aromatic carbocycles. The highest BCUT2D eigenvalue weighted by Gasteiger charge is 2.52. The average Bonchev–Trinajstić information content (AvgIpc) is 2.66. The van der Waals surface area contributed by atoms with Crippen molar-refractivity contribution in [2.75, 3.05) is 6.54 Å². The highest BCUT2D eigenvalue weighted by Crippen LogP contribution is 2.38. The number of aliphatic imine (C=N–C) groups is 1. The molecule has 23 heavy (non-hydrogen) atoms. The lowest BCUT2D eigenvalue weighted by Crippen LogP contribution is -2.41. The van der Waals surface area contributed by atoms with Crippen LogP contribution >= 0.6 is 0 Å². The highest BCUT2D eigenvalue weighted by molar-refractivity contribution is 6.54. The van der Waals surface area contributed by atoms with E-state index in [-0.39, 0.29) is 12.0 Å². The fourth-order valence-corrected chi connectivity index (χ4v) is 1.88. The molecule has 0 aromatic rings. The van der Waals surface area contributed by atoms with Crippen LogP contribution in [0.4, 0.5) is 8.78 Å². The van der Waals surface area contributed by atoms with Crippen molar-refractivity contribution < 1.29 is 18.1 Å². The number of alkyl halides is 2. The summed E-state index contributed by atoms with van der Waals surface area (Å²) in [5, 5.41) is 2.89. The second-order valence-corrected chi connectivity index (χ2v) is 6.54. The summed E-state index contributed by atoms with van der Waals surface area (Å²) in [7, 11) is -0.785. The lowest BCUT2D eigenvalue weighted by Gasteiger charge is -2.32. The molecule has 1 aliphatic heterocycles. The van der Waals surface area contributed by atoms with Crippen molar-refractivity contribution in [3.63, 3.8) is 0 Å². The summed E-state index contributed by atoms with van der Waals surface area (Å²) < 4.78 is 39.4. The fourth-order valence-electron chi connectivity index (χ4n) is 1.88. The van der Waals surface area contributed by atoms with Crippen LogP contribution in [-0.2, 0) is 9.31 Å². The van der Waals surface area contributed by atoms with Crippen LogP contribution in [0.2, 0.25) is 0 Å². The molecule has 1 saturated heterocycles. The Morgan fingerprint density at radius 2 is 1.74 bits per heavy atom. The summed E-state index contributed by atoms with van der Waals surface area (Å²) in [5.74, 6) is -2.97. The molecule has 4 nitrogen and oxygen atoms in total. The molecule has 0 bridgehead atoms. The van der Waals surface area contributed by atoms with Gasteiger partial charge in [0.05, 0.1) is 17.5 Å². The van der Waals surface area contributed by atoms with E-state index in [2.05, 4.69) is 16.9 Å². The number of allylic oxidation sites excluding steroid dienone is 2. The second kappa shape index (κ2) is 7.13. The van der Waals surface area contributed by atoms with Crippen LogP contribution in [0.3, 0.4) is 0 Å². The summed E-state index contributed by atoms with van der Waals surface area (Å²) in [5.41, 5.74) is -1.05. The Hall–Kier alpha value is -1.21. The van der Waals surface area contributed by atoms with Crippen molar-refractivity contribution in [3.05, 3.63) is 23.8 Å². The van der Waals surface area contributed by atoms with E-state index in [1.807, 2.05) is 34.6 Å². The van der Waals surface area contributed by atoms with Crippen LogP contribution in [0.15, 0.2) is 28.8 Å². The molecule has 1 heterocycles. The van der Waals surface area contributed by atoms with E-state index >= 15 is 0 Å². The zero-order chi connectivity index (χ0) is 17.9. The third kappa shape index (κ3) is 4.64. The van der Waals surface area contributed by atoms with E-state index in [9.17, 15) is 8.78 Å². The molecule has 1 aliphatic rings. The van der Waals surface area contributed by atoms with Crippen LogP contribution in [-0.4, -0.2) is 37.1 Å². The van der Waals surface area contributed by atoms with Crippen LogP contribution in [0.5, 0.6) is 0 Å². The molecule has 7 heteroatoms. The average molecular weight is 328 g/mol. The van der Waals surface area contributed by atoms with E-state index in [1.54, 1.807) is 0 Å². The summed E-state index contributed by atoms with van der Waals surface area (Å²) >= 11 is 0. The SMILES string of the molecule is C=C(/C=C(/NC=NCC)B1OC(C)(C)C(C)(C)O1)C(F)(F)CC. The molecular weight excluding hydrogens is 301 g/mol. The first-order valence-corrected chi connectivity index (χ1v) is 7.86. The smallest absolute Gasteiger partial charge is 0.398 e. The Balaban J connectivity index is 3.08. The quantitative estimate of drug-likeness (QED) is 0.335. The molecule has 0 unspecified atom stereocenters. The zero-order valence-corrected chi connectivity index (χ0v) is 14.9. The van der Waals surface area contributed by atoms with Gasteiger partial charge in [0, 0.05) is 24.1 Å². The molecule has 0 radical (unpaired) electrons. The van der Waals surface area contributed by atoms with Crippen LogP contribution in [0, 0.1) is 0 Å². The van der Waals surface area contributed by atoms with Gasteiger partial charge in [-0.05, 0) is 40.7 Å². The van der Waals surface area contributed by atoms with Crippen molar-refractivity contribution >= 4 is 13.5 Å². The number of halogens is 2. The Bertz CT molecular complexity index is 486. The van der Waals surface area contributed by atoms with Crippen molar-refractivity contribution in [1.29, 1.82) is 0 Å². The monoisotopic (exact) mass is 328 g/mol. The van der Waals surface area contributed by atoms with Gasteiger partial charge in [0.2, 0.25) is 0 Å². The maximum Gasteiger partial charge on any atom is 0.512 e. The first kappa shape index (κ1) is 19.8. The number of nitrogens with one attached hydrogen (secondary N) is 1. The molecule has 1 rings (SSSR count). The second-order valence-electron chi connectivity index (χ2n) is 6.54. The van der Waals surface area contributed by atoms with Crippen molar-refractivity contribution in [1.82, 2.24) is 5.32 Å². The maximum absolute atomic E-state index is 13.8. The number of nitrogens with zero attached hydrogens (tertiary/aromatic N) is 1. The maximum atomic E-state index is 13.8. The van der Waals surface area contributed by atoms with Crippen molar-refractivity contribution in [3.8, 4) is 0 Å². The van der Waals surface area contributed by atoms with Crippen molar-refractivity contribution in [2.24, 2.45) is 4.99 Å². The molecule has 1 N–H and O–H groups in total. The van der Waals surface area contributed by atoms with Crippen LogP contribution in [0.25, 0.3) is 0 Å². The number of rotatable bonds is 7. The molecule has 0 saturated carbocycles. The van der Waals surface area contributed by atoms with E-state index in [0.717, 1.165) is 0 Å². The summed E-state index contributed by atoms with van der Waals surface area (Å²) in [6, 6.07) is 0.